The number of ether oxygens (including phenoxy) is 2. The zero-order valence-corrected chi connectivity index (χ0v) is 14.8. The molecule has 1 fully saturated rings. The number of hydrogen-bond donors (Lipinski definition) is 1. The molecule has 2 aromatic carbocycles. The number of piperidine rings is 1. The number of fused-ring (bicyclic) bond motifs is 1. The molecule has 1 heterocycles. The summed E-state index contributed by atoms with van der Waals surface area (Å²) in [6.07, 6.45) is 1.14. The number of nitrogens with zero attached hydrogens (tertiary/aromatic N) is 1. The first-order valence-corrected chi connectivity index (χ1v) is 8.66. The van der Waals surface area contributed by atoms with Gasteiger partial charge in [-0.3, -0.25) is 9.59 Å². The minimum absolute atomic E-state index is 0.0949. The fourth-order valence-electron chi connectivity index (χ4n) is 3.47. The van der Waals surface area contributed by atoms with Gasteiger partial charge in [0, 0.05) is 20.2 Å². The number of benzene rings is 2. The second-order valence-corrected chi connectivity index (χ2v) is 6.73. The summed E-state index contributed by atoms with van der Waals surface area (Å²) in [5, 5.41) is 11.7. The lowest BCUT2D eigenvalue weighted by Gasteiger charge is -2.39. The van der Waals surface area contributed by atoms with Gasteiger partial charge in [0.2, 0.25) is 0 Å². The molecule has 1 saturated heterocycles. The largest absolute Gasteiger partial charge is 0.484 e. The maximum atomic E-state index is 12.5. The SMILES string of the molecule is COCC1(C(=O)O)CCCN(C(=O)COc2ccc3ccccc3c2)C1. The number of hydrogen-bond acceptors (Lipinski definition) is 4. The Balaban J connectivity index is 1.64. The molecule has 0 spiro atoms. The zero-order valence-electron chi connectivity index (χ0n) is 14.8. The van der Waals surface area contributed by atoms with E-state index in [0.29, 0.717) is 25.1 Å². The lowest BCUT2D eigenvalue weighted by Crippen LogP contribution is -2.53. The third kappa shape index (κ3) is 3.80. The Morgan fingerprint density at radius 1 is 1.19 bits per heavy atom. The van der Waals surface area contributed by atoms with Crippen molar-refractivity contribution in [3.05, 3.63) is 42.5 Å². The van der Waals surface area contributed by atoms with Crippen LogP contribution >= 0.6 is 0 Å². The van der Waals surface area contributed by atoms with Crippen LogP contribution in [0.25, 0.3) is 10.8 Å². The van der Waals surface area contributed by atoms with Crippen LogP contribution in [-0.2, 0) is 14.3 Å². The minimum Gasteiger partial charge on any atom is -0.484 e. The number of amides is 1. The number of carboxylic acid groups (broad SMARTS) is 1. The van der Waals surface area contributed by atoms with Gasteiger partial charge in [-0.2, -0.15) is 0 Å². The fourth-order valence-corrected chi connectivity index (χ4v) is 3.47. The van der Waals surface area contributed by atoms with E-state index >= 15 is 0 Å². The summed E-state index contributed by atoms with van der Waals surface area (Å²) in [6.45, 7) is 0.674. The average Bonchev–Trinajstić information content (AvgIpc) is 2.66. The standard InChI is InChI=1S/C20H23NO5/c1-25-14-20(19(23)24)9-4-10-21(13-20)18(22)12-26-17-8-7-15-5-2-3-6-16(15)11-17/h2-3,5-8,11H,4,9-10,12-14H2,1H3,(H,23,24). The van der Waals surface area contributed by atoms with Gasteiger partial charge in [0.1, 0.15) is 11.2 Å². The highest BCUT2D eigenvalue weighted by atomic mass is 16.5. The molecule has 1 N–H and O–H groups in total. The van der Waals surface area contributed by atoms with Crippen LogP contribution in [-0.4, -0.2) is 55.3 Å². The Morgan fingerprint density at radius 3 is 2.69 bits per heavy atom. The van der Waals surface area contributed by atoms with Crippen molar-refractivity contribution in [2.45, 2.75) is 12.8 Å². The van der Waals surface area contributed by atoms with E-state index in [1.165, 1.54) is 7.11 Å². The quantitative estimate of drug-likeness (QED) is 0.860. The summed E-state index contributed by atoms with van der Waals surface area (Å²) < 4.78 is 10.7. The van der Waals surface area contributed by atoms with Crippen LogP contribution in [0.4, 0.5) is 0 Å². The molecule has 6 heteroatoms. The predicted molar refractivity (Wildman–Crippen MR) is 97.2 cm³/mol. The Kier molecular flexibility index (Phi) is 5.42. The van der Waals surface area contributed by atoms with Gasteiger partial charge in [0.15, 0.2) is 6.61 Å². The minimum atomic E-state index is -1.04. The number of rotatable bonds is 6. The summed E-state index contributed by atoms with van der Waals surface area (Å²) in [7, 11) is 1.48. The zero-order chi connectivity index (χ0) is 18.6. The molecule has 1 amide bonds. The van der Waals surface area contributed by atoms with Crippen LogP contribution in [0.15, 0.2) is 42.5 Å². The van der Waals surface area contributed by atoms with Gasteiger partial charge in [-0.15, -0.1) is 0 Å². The molecule has 0 aliphatic carbocycles. The van der Waals surface area contributed by atoms with Gasteiger partial charge in [-0.05, 0) is 35.7 Å². The normalized spacial score (nSPS) is 20.1. The highest BCUT2D eigenvalue weighted by molar-refractivity contribution is 5.84. The van der Waals surface area contributed by atoms with E-state index in [-0.39, 0.29) is 25.7 Å². The molecule has 0 saturated carbocycles. The van der Waals surface area contributed by atoms with Gasteiger partial charge in [-0.1, -0.05) is 30.3 Å². The molecule has 1 aliphatic rings. The van der Waals surface area contributed by atoms with E-state index in [0.717, 1.165) is 10.8 Å². The third-order valence-corrected chi connectivity index (χ3v) is 4.89. The smallest absolute Gasteiger partial charge is 0.313 e. The molecule has 2 aromatic rings. The van der Waals surface area contributed by atoms with Crippen molar-refractivity contribution in [3.8, 4) is 5.75 Å². The molecule has 1 aliphatic heterocycles. The van der Waals surface area contributed by atoms with Crippen LogP contribution in [0.5, 0.6) is 5.75 Å². The van der Waals surface area contributed by atoms with Crippen molar-refractivity contribution in [1.29, 1.82) is 0 Å². The third-order valence-electron chi connectivity index (χ3n) is 4.89. The lowest BCUT2D eigenvalue weighted by atomic mass is 9.80. The second kappa shape index (κ2) is 7.74. The number of carbonyl (C=O) groups is 2. The molecule has 3 rings (SSSR count). The van der Waals surface area contributed by atoms with E-state index in [4.69, 9.17) is 9.47 Å². The van der Waals surface area contributed by atoms with Gasteiger partial charge < -0.3 is 19.5 Å². The van der Waals surface area contributed by atoms with Crippen molar-refractivity contribution in [2.75, 3.05) is 33.4 Å². The molecular weight excluding hydrogens is 334 g/mol. The number of aliphatic carboxylic acids is 1. The van der Waals surface area contributed by atoms with Crippen LogP contribution in [0.1, 0.15) is 12.8 Å². The van der Waals surface area contributed by atoms with Gasteiger partial charge in [0.25, 0.3) is 5.91 Å². The van der Waals surface area contributed by atoms with Crippen LogP contribution in [0.3, 0.4) is 0 Å². The molecule has 1 unspecified atom stereocenters. The fraction of sp³-hybridized carbons (Fsp3) is 0.400. The number of carbonyl (C=O) groups excluding carboxylic acids is 1. The van der Waals surface area contributed by atoms with Crippen LogP contribution in [0.2, 0.25) is 0 Å². The Labute approximate surface area is 152 Å². The van der Waals surface area contributed by atoms with E-state index in [1.54, 1.807) is 4.90 Å². The highest BCUT2D eigenvalue weighted by Crippen LogP contribution is 2.31. The maximum absolute atomic E-state index is 12.5. The topological polar surface area (TPSA) is 76.1 Å². The summed E-state index contributed by atoms with van der Waals surface area (Å²) >= 11 is 0. The highest BCUT2D eigenvalue weighted by Gasteiger charge is 2.43. The Bertz CT molecular complexity index is 802. The summed E-state index contributed by atoms with van der Waals surface area (Å²) in [5.74, 6) is -0.512. The molecule has 6 nitrogen and oxygen atoms in total. The van der Waals surface area contributed by atoms with Crippen molar-refractivity contribution in [2.24, 2.45) is 5.41 Å². The average molecular weight is 357 g/mol. The van der Waals surface area contributed by atoms with Crippen molar-refractivity contribution < 1.29 is 24.2 Å². The summed E-state index contributed by atoms with van der Waals surface area (Å²) in [6, 6.07) is 13.6. The molecule has 0 bridgehead atoms. The van der Waals surface area contributed by atoms with Crippen LogP contribution < -0.4 is 4.74 Å². The first kappa shape index (κ1) is 18.2. The Hall–Kier alpha value is -2.60. The first-order valence-electron chi connectivity index (χ1n) is 8.66. The number of carboxylic acids is 1. The molecule has 26 heavy (non-hydrogen) atoms. The monoisotopic (exact) mass is 357 g/mol. The van der Waals surface area contributed by atoms with Crippen molar-refractivity contribution >= 4 is 22.6 Å². The Morgan fingerprint density at radius 2 is 1.96 bits per heavy atom. The first-order chi connectivity index (χ1) is 12.5. The molecule has 1 atom stereocenters. The van der Waals surface area contributed by atoms with Crippen LogP contribution in [0, 0.1) is 5.41 Å². The molecule has 0 radical (unpaired) electrons. The molecule has 0 aromatic heterocycles. The second-order valence-electron chi connectivity index (χ2n) is 6.73. The van der Waals surface area contributed by atoms with E-state index < -0.39 is 11.4 Å². The number of likely N-dealkylation sites (tertiary alicyclic amines) is 1. The molecular formula is C20H23NO5. The number of methoxy groups -OCH3 is 1. The van der Waals surface area contributed by atoms with Gasteiger partial charge in [0.05, 0.1) is 6.61 Å². The van der Waals surface area contributed by atoms with Gasteiger partial charge >= 0.3 is 5.97 Å². The maximum Gasteiger partial charge on any atom is 0.313 e. The van der Waals surface area contributed by atoms with Gasteiger partial charge in [-0.25, -0.2) is 0 Å². The van der Waals surface area contributed by atoms with E-state index in [1.807, 2.05) is 42.5 Å². The summed E-state index contributed by atoms with van der Waals surface area (Å²) in [4.78, 5) is 25.8. The summed E-state index contributed by atoms with van der Waals surface area (Å²) in [5.41, 5.74) is -1.04. The lowest BCUT2D eigenvalue weighted by molar-refractivity contribution is -0.159. The van der Waals surface area contributed by atoms with Crippen molar-refractivity contribution in [3.63, 3.8) is 0 Å². The van der Waals surface area contributed by atoms with Crippen molar-refractivity contribution in [1.82, 2.24) is 4.90 Å². The van der Waals surface area contributed by atoms with E-state index in [2.05, 4.69) is 0 Å². The van der Waals surface area contributed by atoms with E-state index in [9.17, 15) is 14.7 Å². The molecule has 138 valence electrons. The predicted octanol–water partition coefficient (Wildman–Crippen LogP) is 2.56.